The van der Waals surface area contributed by atoms with Crippen molar-refractivity contribution in [3.8, 4) is 17.6 Å². The summed E-state index contributed by atoms with van der Waals surface area (Å²) in [5.41, 5.74) is 2.55. The second-order valence-corrected chi connectivity index (χ2v) is 3.50. The lowest BCUT2D eigenvalue weighted by Crippen LogP contribution is -2.29. The fourth-order valence-corrected chi connectivity index (χ4v) is 1.34. The van der Waals surface area contributed by atoms with Crippen LogP contribution in [0.15, 0.2) is 18.2 Å². The smallest absolute Gasteiger partial charge is 0.234 e. The van der Waals surface area contributed by atoms with E-state index in [2.05, 4.69) is 0 Å². The number of benzene rings is 1. The van der Waals surface area contributed by atoms with Crippen molar-refractivity contribution in [1.29, 1.82) is 5.26 Å². The molecule has 1 rings (SSSR count). The van der Waals surface area contributed by atoms with E-state index >= 15 is 0 Å². The molecule has 0 saturated heterocycles. The van der Waals surface area contributed by atoms with Gasteiger partial charge >= 0.3 is 0 Å². The molecule has 0 radical (unpaired) electrons. The van der Waals surface area contributed by atoms with Gasteiger partial charge in [-0.05, 0) is 18.6 Å². The van der Waals surface area contributed by atoms with Crippen molar-refractivity contribution in [2.75, 3.05) is 13.7 Å². The molecular weight excluding hydrogens is 234 g/mol. The molecule has 0 saturated carbocycles. The van der Waals surface area contributed by atoms with Crippen molar-refractivity contribution in [2.24, 2.45) is 5.84 Å². The van der Waals surface area contributed by atoms with Gasteiger partial charge in [0.2, 0.25) is 5.91 Å². The summed E-state index contributed by atoms with van der Waals surface area (Å²) in [6, 6.07) is 6.93. The molecule has 6 heteroatoms. The van der Waals surface area contributed by atoms with Crippen LogP contribution >= 0.6 is 0 Å². The predicted molar refractivity (Wildman–Crippen MR) is 64.8 cm³/mol. The number of hydrogen-bond acceptors (Lipinski definition) is 5. The highest BCUT2D eigenvalue weighted by Gasteiger charge is 2.06. The Morgan fingerprint density at radius 1 is 1.50 bits per heavy atom. The first-order valence-corrected chi connectivity index (χ1v) is 5.41. The molecule has 1 aromatic rings. The van der Waals surface area contributed by atoms with Gasteiger partial charge in [0.25, 0.3) is 0 Å². The van der Waals surface area contributed by atoms with Crippen LogP contribution in [0.4, 0.5) is 0 Å². The molecule has 3 N–H and O–H groups in total. The van der Waals surface area contributed by atoms with Crippen LogP contribution in [0.1, 0.15) is 18.4 Å². The molecule has 0 spiro atoms. The molecule has 0 aliphatic carbocycles. The average molecular weight is 249 g/mol. The van der Waals surface area contributed by atoms with E-state index in [1.165, 1.54) is 7.11 Å². The third kappa shape index (κ3) is 3.96. The third-order valence-corrected chi connectivity index (χ3v) is 2.26. The van der Waals surface area contributed by atoms with Gasteiger partial charge in [-0.3, -0.25) is 10.2 Å². The molecule has 0 aliphatic rings. The molecule has 1 aromatic carbocycles. The van der Waals surface area contributed by atoms with Gasteiger partial charge in [-0.15, -0.1) is 0 Å². The molecule has 96 valence electrons. The number of ether oxygens (including phenoxy) is 2. The molecule has 0 unspecified atom stereocenters. The van der Waals surface area contributed by atoms with Crippen LogP contribution in [0, 0.1) is 11.3 Å². The van der Waals surface area contributed by atoms with E-state index in [4.69, 9.17) is 20.6 Å². The van der Waals surface area contributed by atoms with E-state index in [0.717, 1.165) is 0 Å². The minimum absolute atomic E-state index is 0.231. The SMILES string of the molecule is COc1cc(C#N)ccc1OCCCC(=O)NN. The molecule has 0 aromatic heterocycles. The highest BCUT2D eigenvalue weighted by molar-refractivity contribution is 5.75. The Balaban J connectivity index is 2.52. The van der Waals surface area contributed by atoms with Crippen LogP contribution in [0.2, 0.25) is 0 Å². The first-order valence-electron chi connectivity index (χ1n) is 5.41. The van der Waals surface area contributed by atoms with Crippen LogP contribution in [0.3, 0.4) is 0 Å². The van der Waals surface area contributed by atoms with Gasteiger partial charge in [0.1, 0.15) is 0 Å². The number of nitriles is 1. The van der Waals surface area contributed by atoms with Gasteiger partial charge in [-0.1, -0.05) is 0 Å². The number of nitrogens with one attached hydrogen (secondary N) is 1. The van der Waals surface area contributed by atoms with Gasteiger partial charge in [0, 0.05) is 12.5 Å². The second-order valence-electron chi connectivity index (χ2n) is 3.50. The van der Waals surface area contributed by atoms with E-state index in [9.17, 15) is 4.79 Å². The lowest BCUT2D eigenvalue weighted by molar-refractivity contribution is -0.121. The quantitative estimate of drug-likeness (QED) is 0.335. The molecular formula is C12H15N3O3. The lowest BCUT2D eigenvalue weighted by Gasteiger charge is -2.10. The van der Waals surface area contributed by atoms with Gasteiger partial charge in [0.15, 0.2) is 11.5 Å². The van der Waals surface area contributed by atoms with Crippen LogP contribution < -0.4 is 20.7 Å². The number of carbonyl (C=O) groups is 1. The van der Waals surface area contributed by atoms with E-state index in [1.54, 1.807) is 18.2 Å². The topological polar surface area (TPSA) is 97.4 Å². The van der Waals surface area contributed by atoms with Crippen molar-refractivity contribution >= 4 is 5.91 Å². The van der Waals surface area contributed by atoms with Crippen molar-refractivity contribution in [3.05, 3.63) is 23.8 Å². The van der Waals surface area contributed by atoms with Gasteiger partial charge < -0.3 is 9.47 Å². The fraction of sp³-hybridized carbons (Fsp3) is 0.333. The first kappa shape index (κ1) is 13.8. The van der Waals surface area contributed by atoms with Crippen molar-refractivity contribution in [2.45, 2.75) is 12.8 Å². The van der Waals surface area contributed by atoms with Gasteiger partial charge in [-0.2, -0.15) is 5.26 Å². The highest BCUT2D eigenvalue weighted by Crippen LogP contribution is 2.27. The molecule has 0 aliphatic heterocycles. The first-order chi connectivity index (χ1) is 8.71. The number of hydrogen-bond donors (Lipinski definition) is 2. The van der Waals surface area contributed by atoms with E-state index in [-0.39, 0.29) is 5.91 Å². The normalized spacial score (nSPS) is 9.39. The zero-order valence-electron chi connectivity index (χ0n) is 10.1. The number of amides is 1. The van der Waals surface area contributed by atoms with Crippen LogP contribution in [0.5, 0.6) is 11.5 Å². The maximum absolute atomic E-state index is 10.9. The summed E-state index contributed by atoms with van der Waals surface area (Å²) in [7, 11) is 1.51. The van der Waals surface area contributed by atoms with E-state index < -0.39 is 0 Å². The zero-order chi connectivity index (χ0) is 13.4. The van der Waals surface area contributed by atoms with E-state index in [1.807, 2.05) is 11.5 Å². The van der Waals surface area contributed by atoms with Crippen molar-refractivity contribution < 1.29 is 14.3 Å². The Labute approximate surface area is 105 Å². The summed E-state index contributed by atoms with van der Waals surface area (Å²) in [5.74, 6) is 5.76. The number of carbonyl (C=O) groups excluding carboxylic acids is 1. The van der Waals surface area contributed by atoms with Crippen LogP contribution in [0.25, 0.3) is 0 Å². The minimum Gasteiger partial charge on any atom is -0.493 e. The molecule has 1 amide bonds. The summed E-state index contributed by atoms with van der Waals surface area (Å²) < 4.78 is 10.6. The fourth-order valence-electron chi connectivity index (χ4n) is 1.34. The Bertz CT molecular complexity index is 454. The van der Waals surface area contributed by atoms with Crippen LogP contribution in [-0.4, -0.2) is 19.6 Å². The van der Waals surface area contributed by atoms with Crippen molar-refractivity contribution in [1.82, 2.24) is 5.43 Å². The number of nitrogens with zero attached hydrogens (tertiary/aromatic N) is 1. The number of nitrogens with two attached hydrogens (primary N) is 1. The van der Waals surface area contributed by atoms with Gasteiger partial charge in [0.05, 0.1) is 25.3 Å². The van der Waals surface area contributed by atoms with Crippen LogP contribution in [-0.2, 0) is 4.79 Å². The average Bonchev–Trinajstić information content (AvgIpc) is 2.43. The zero-order valence-corrected chi connectivity index (χ0v) is 10.1. The summed E-state index contributed by atoms with van der Waals surface area (Å²) in [5, 5.41) is 8.75. The Hall–Kier alpha value is -2.26. The Morgan fingerprint density at radius 2 is 2.28 bits per heavy atom. The minimum atomic E-state index is -0.231. The third-order valence-electron chi connectivity index (χ3n) is 2.26. The number of hydrazine groups is 1. The largest absolute Gasteiger partial charge is 0.493 e. The summed E-state index contributed by atoms with van der Waals surface area (Å²) in [6.07, 6.45) is 0.848. The van der Waals surface area contributed by atoms with Gasteiger partial charge in [-0.25, -0.2) is 5.84 Å². The molecule has 6 nitrogen and oxygen atoms in total. The predicted octanol–water partition coefficient (Wildman–Crippen LogP) is 0.716. The Kier molecular flexibility index (Phi) is 5.48. The molecule has 18 heavy (non-hydrogen) atoms. The number of rotatable bonds is 6. The summed E-state index contributed by atoms with van der Waals surface area (Å²) in [4.78, 5) is 10.9. The second kappa shape index (κ2) is 7.14. The number of methoxy groups -OCH3 is 1. The summed E-state index contributed by atoms with van der Waals surface area (Å²) in [6.45, 7) is 0.371. The molecule has 0 fully saturated rings. The highest BCUT2D eigenvalue weighted by atomic mass is 16.5. The molecule has 0 bridgehead atoms. The molecule has 0 heterocycles. The maximum Gasteiger partial charge on any atom is 0.234 e. The lowest BCUT2D eigenvalue weighted by atomic mass is 10.2. The van der Waals surface area contributed by atoms with Crippen molar-refractivity contribution in [3.63, 3.8) is 0 Å². The molecule has 0 atom stereocenters. The standard InChI is InChI=1S/C12H15N3O3/c1-17-11-7-9(8-13)4-5-10(11)18-6-2-3-12(16)15-14/h4-5,7H,2-3,6,14H2,1H3,(H,15,16). The maximum atomic E-state index is 10.9. The van der Waals surface area contributed by atoms with E-state index in [0.29, 0.717) is 36.5 Å². The summed E-state index contributed by atoms with van der Waals surface area (Å²) >= 11 is 0. The Morgan fingerprint density at radius 3 is 2.89 bits per heavy atom. The monoisotopic (exact) mass is 249 g/mol.